The Kier molecular flexibility index (Phi) is 6.37. The van der Waals surface area contributed by atoms with Gasteiger partial charge < -0.3 is 5.11 Å². The number of hydrogen-bond donors (Lipinski definition) is 1. The zero-order valence-corrected chi connectivity index (χ0v) is 16.8. The molecule has 2 unspecified atom stereocenters. The van der Waals surface area contributed by atoms with Crippen LogP contribution < -0.4 is 0 Å². The Bertz CT molecular complexity index is 827. The molecule has 2 aromatic rings. The van der Waals surface area contributed by atoms with Crippen LogP contribution in [-0.2, 0) is 4.79 Å². The summed E-state index contributed by atoms with van der Waals surface area (Å²) in [4.78, 5) is 13.8. The lowest BCUT2D eigenvalue weighted by Gasteiger charge is -2.40. The van der Waals surface area contributed by atoms with Crippen molar-refractivity contribution in [1.82, 2.24) is 4.90 Å². The van der Waals surface area contributed by atoms with Gasteiger partial charge in [0.2, 0.25) is 0 Å². The van der Waals surface area contributed by atoms with Gasteiger partial charge in [-0.25, -0.2) is 0 Å². The summed E-state index contributed by atoms with van der Waals surface area (Å²) < 4.78 is 0. The maximum absolute atomic E-state index is 11.8. The van der Waals surface area contributed by atoms with Crippen LogP contribution in [0.25, 0.3) is 0 Å². The number of hydrogen-bond acceptors (Lipinski definition) is 2. The lowest BCUT2D eigenvalue weighted by Crippen LogP contribution is -2.46. The summed E-state index contributed by atoms with van der Waals surface area (Å²) in [5, 5.41) is 11.6. The second-order valence-corrected chi connectivity index (χ2v) is 7.99. The van der Waals surface area contributed by atoms with Gasteiger partial charge in [0.05, 0.1) is 16.1 Å². The highest BCUT2D eigenvalue weighted by Crippen LogP contribution is 2.39. The van der Waals surface area contributed by atoms with Gasteiger partial charge >= 0.3 is 5.97 Å². The SMILES string of the molecule is O=C(O)C1CCCCN1C(c1ccc(Cl)c(Cl)c1)c1ccc(Cl)cc1Cl. The van der Waals surface area contributed by atoms with E-state index in [0.29, 0.717) is 33.1 Å². The normalized spacial score (nSPS) is 19.3. The number of piperidine rings is 1. The first kappa shape index (κ1) is 19.8. The smallest absolute Gasteiger partial charge is 0.320 e. The molecule has 2 atom stereocenters. The monoisotopic (exact) mass is 431 g/mol. The van der Waals surface area contributed by atoms with E-state index in [-0.39, 0.29) is 6.04 Å². The summed E-state index contributed by atoms with van der Waals surface area (Å²) in [5.41, 5.74) is 1.64. The van der Waals surface area contributed by atoms with Gasteiger partial charge in [-0.15, -0.1) is 0 Å². The van der Waals surface area contributed by atoms with Crippen LogP contribution in [-0.4, -0.2) is 28.6 Å². The third kappa shape index (κ3) is 4.13. The predicted octanol–water partition coefficient (Wildman–Crippen LogP) is 6.33. The van der Waals surface area contributed by atoms with Crippen LogP contribution in [0.5, 0.6) is 0 Å². The number of carboxylic acid groups (broad SMARTS) is 1. The van der Waals surface area contributed by atoms with Gasteiger partial charge in [-0.1, -0.05) is 65.0 Å². The van der Waals surface area contributed by atoms with Crippen molar-refractivity contribution in [2.24, 2.45) is 0 Å². The third-order valence-corrected chi connectivity index (χ3v) is 5.98. The van der Waals surface area contributed by atoms with E-state index in [1.54, 1.807) is 24.3 Å². The fourth-order valence-electron chi connectivity index (χ4n) is 3.48. The molecule has 2 aromatic carbocycles. The van der Waals surface area contributed by atoms with Crippen molar-refractivity contribution in [3.8, 4) is 0 Å². The van der Waals surface area contributed by atoms with Crippen LogP contribution in [0, 0.1) is 0 Å². The highest BCUT2D eigenvalue weighted by atomic mass is 35.5. The first-order valence-electron chi connectivity index (χ1n) is 8.27. The van der Waals surface area contributed by atoms with Crippen molar-refractivity contribution in [3.05, 3.63) is 67.6 Å². The first-order valence-corrected chi connectivity index (χ1v) is 9.78. The van der Waals surface area contributed by atoms with E-state index in [0.717, 1.165) is 24.0 Å². The number of rotatable bonds is 4. The van der Waals surface area contributed by atoms with Gasteiger partial charge in [-0.2, -0.15) is 0 Å². The van der Waals surface area contributed by atoms with Gasteiger partial charge in [0, 0.05) is 10.0 Å². The first-order chi connectivity index (χ1) is 12.4. The summed E-state index contributed by atoms with van der Waals surface area (Å²) in [6.45, 7) is 0.654. The van der Waals surface area contributed by atoms with E-state index in [9.17, 15) is 9.90 Å². The lowest BCUT2D eigenvalue weighted by molar-refractivity contribution is -0.145. The Labute approximate surface area is 172 Å². The predicted molar refractivity (Wildman–Crippen MR) is 107 cm³/mol. The molecule has 1 fully saturated rings. The zero-order chi connectivity index (χ0) is 18.8. The van der Waals surface area contributed by atoms with E-state index < -0.39 is 12.0 Å². The Morgan fingerprint density at radius 2 is 1.77 bits per heavy atom. The summed E-state index contributed by atoms with van der Waals surface area (Å²) in [6.07, 6.45) is 2.40. The average molecular weight is 433 g/mol. The van der Waals surface area contributed by atoms with Gasteiger partial charge in [0.1, 0.15) is 6.04 Å². The fourth-order valence-corrected chi connectivity index (χ4v) is 4.30. The Morgan fingerprint density at radius 3 is 2.42 bits per heavy atom. The van der Waals surface area contributed by atoms with Crippen LogP contribution >= 0.6 is 46.4 Å². The molecule has 1 N–H and O–H groups in total. The average Bonchev–Trinajstić information content (AvgIpc) is 2.60. The maximum atomic E-state index is 11.8. The van der Waals surface area contributed by atoms with Crippen LogP contribution in [0.4, 0.5) is 0 Å². The molecule has 1 aliphatic rings. The number of aliphatic carboxylic acids is 1. The molecular weight excluding hydrogens is 416 g/mol. The highest BCUT2D eigenvalue weighted by molar-refractivity contribution is 6.42. The number of halogens is 4. The maximum Gasteiger partial charge on any atom is 0.320 e. The number of nitrogens with zero attached hydrogens (tertiary/aromatic N) is 1. The molecule has 0 radical (unpaired) electrons. The van der Waals surface area contributed by atoms with Crippen LogP contribution in [0.1, 0.15) is 36.4 Å². The largest absolute Gasteiger partial charge is 0.480 e. The molecule has 0 saturated carbocycles. The topological polar surface area (TPSA) is 40.5 Å². The van der Waals surface area contributed by atoms with Crippen molar-refractivity contribution in [3.63, 3.8) is 0 Å². The fraction of sp³-hybridized carbons (Fsp3) is 0.316. The Morgan fingerprint density at radius 1 is 1.00 bits per heavy atom. The molecule has 138 valence electrons. The van der Waals surface area contributed by atoms with Crippen LogP contribution in [0.15, 0.2) is 36.4 Å². The molecule has 0 spiro atoms. The van der Waals surface area contributed by atoms with E-state index in [4.69, 9.17) is 46.4 Å². The quantitative estimate of drug-likeness (QED) is 0.613. The molecule has 1 saturated heterocycles. The number of carboxylic acids is 1. The molecule has 0 amide bonds. The van der Waals surface area contributed by atoms with Crippen molar-refractivity contribution in [2.45, 2.75) is 31.3 Å². The van der Waals surface area contributed by atoms with Crippen molar-refractivity contribution >= 4 is 52.4 Å². The zero-order valence-electron chi connectivity index (χ0n) is 13.8. The minimum Gasteiger partial charge on any atom is -0.480 e. The lowest BCUT2D eigenvalue weighted by atomic mass is 9.91. The Balaban J connectivity index is 2.14. The highest BCUT2D eigenvalue weighted by Gasteiger charge is 2.36. The van der Waals surface area contributed by atoms with Gasteiger partial charge in [-0.3, -0.25) is 9.69 Å². The molecular formula is C19H17Cl4NO2. The number of carbonyl (C=O) groups is 1. The van der Waals surface area contributed by atoms with Crippen molar-refractivity contribution in [1.29, 1.82) is 0 Å². The molecule has 1 aliphatic heterocycles. The van der Waals surface area contributed by atoms with E-state index in [2.05, 4.69) is 0 Å². The second kappa shape index (κ2) is 8.37. The molecule has 0 aromatic heterocycles. The minimum atomic E-state index is -0.833. The molecule has 3 rings (SSSR count). The van der Waals surface area contributed by atoms with E-state index in [1.165, 1.54) is 0 Å². The van der Waals surface area contributed by atoms with E-state index in [1.807, 2.05) is 17.0 Å². The van der Waals surface area contributed by atoms with E-state index >= 15 is 0 Å². The number of benzene rings is 2. The summed E-state index contributed by atoms with van der Waals surface area (Å²) in [6, 6.07) is 9.67. The molecule has 7 heteroatoms. The molecule has 3 nitrogen and oxygen atoms in total. The van der Waals surface area contributed by atoms with Gasteiger partial charge in [-0.05, 0) is 54.8 Å². The summed E-state index contributed by atoms with van der Waals surface area (Å²) in [7, 11) is 0. The third-order valence-electron chi connectivity index (χ3n) is 4.68. The van der Waals surface area contributed by atoms with Gasteiger partial charge in [0.25, 0.3) is 0 Å². The van der Waals surface area contributed by atoms with Gasteiger partial charge in [0.15, 0.2) is 0 Å². The molecule has 0 bridgehead atoms. The number of likely N-dealkylation sites (tertiary alicyclic amines) is 1. The standard InChI is InChI=1S/C19H17Cl4NO2/c20-12-5-6-13(15(22)10-12)18(11-4-7-14(21)16(23)9-11)24-8-2-1-3-17(24)19(25)26/h4-7,9-10,17-18H,1-3,8H2,(H,25,26). The molecule has 1 heterocycles. The van der Waals surface area contributed by atoms with Crippen molar-refractivity contribution in [2.75, 3.05) is 6.54 Å². The molecule has 26 heavy (non-hydrogen) atoms. The van der Waals surface area contributed by atoms with Crippen LogP contribution in [0.3, 0.4) is 0 Å². The second-order valence-electron chi connectivity index (χ2n) is 6.33. The summed E-state index contributed by atoms with van der Waals surface area (Å²) >= 11 is 24.8. The molecule has 0 aliphatic carbocycles. The minimum absolute atomic E-state index is 0.351. The van der Waals surface area contributed by atoms with Crippen LogP contribution in [0.2, 0.25) is 20.1 Å². The van der Waals surface area contributed by atoms with Crippen molar-refractivity contribution < 1.29 is 9.90 Å². The Hall–Kier alpha value is -0.970. The summed E-state index contributed by atoms with van der Waals surface area (Å²) in [5.74, 6) is -0.833.